The van der Waals surface area contributed by atoms with Crippen molar-refractivity contribution in [1.82, 2.24) is 15.1 Å². The fourth-order valence-electron chi connectivity index (χ4n) is 1.32. The van der Waals surface area contributed by atoms with E-state index in [0.717, 1.165) is 23.8 Å². The summed E-state index contributed by atoms with van der Waals surface area (Å²) in [5.41, 5.74) is 0.901. The first-order chi connectivity index (χ1) is 6.13. The summed E-state index contributed by atoms with van der Waals surface area (Å²) in [7, 11) is 1.96. The third-order valence-electron chi connectivity index (χ3n) is 1.94. The average Bonchev–Trinajstić information content (AvgIpc) is 2.31. The Labute approximate surface area is 84.1 Å². The number of hydrogen-bond acceptors (Lipinski definition) is 2. The Morgan fingerprint density at radius 2 is 2.38 bits per heavy atom. The lowest BCUT2D eigenvalue weighted by Crippen LogP contribution is -2.20. The van der Waals surface area contributed by atoms with Crippen molar-refractivity contribution in [3.8, 4) is 0 Å². The van der Waals surface area contributed by atoms with Crippen LogP contribution in [0.1, 0.15) is 12.6 Å². The number of halogens is 1. The molecule has 0 saturated carbocycles. The lowest BCUT2D eigenvalue weighted by molar-refractivity contribution is 0.434. The summed E-state index contributed by atoms with van der Waals surface area (Å²) in [5, 5.41) is 8.17. The first-order valence-electron chi connectivity index (χ1n) is 4.47. The molecule has 0 aromatic carbocycles. The highest BCUT2D eigenvalue weighted by Gasteiger charge is 2.05. The van der Waals surface area contributed by atoms with Gasteiger partial charge in [0.25, 0.3) is 0 Å². The Morgan fingerprint density at radius 1 is 1.69 bits per heavy atom. The van der Waals surface area contributed by atoms with E-state index in [9.17, 15) is 0 Å². The summed E-state index contributed by atoms with van der Waals surface area (Å²) in [6, 6.07) is 0. The van der Waals surface area contributed by atoms with Crippen LogP contribution in [-0.4, -0.2) is 23.4 Å². The summed E-state index contributed by atoms with van der Waals surface area (Å²) < 4.78 is 1.90. The van der Waals surface area contributed by atoms with E-state index in [1.165, 1.54) is 0 Å². The predicted molar refractivity (Wildman–Crippen MR) is 55.1 cm³/mol. The maximum Gasteiger partial charge on any atom is 0.0814 e. The number of aryl methyl sites for hydroxylation is 1. The van der Waals surface area contributed by atoms with Gasteiger partial charge in [0, 0.05) is 12.7 Å². The molecular formula is C9H16ClN3. The molecule has 0 aliphatic rings. The molecule has 1 aromatic rings. The normalized spacial score (nSPS) is 13.2. The number of hydrogen-bond donors (Lipinski definition) is 1. The predicted octanol–water partition coefficient (Wildman–Crippen LogP) is 1.70. The van der Waals surface area contributed by atoms with Crippen LogP contribution in [0.2, 0.25) is 5.02 Å². The molecule has 13 heavy (non-hydrogen) atoms. The zero-order valence-electron chi connectivity index (χ0n) is 8.34. The lowest BCUT2D eigenvalue weighted by Gasteiger charge is -2.09. The van der Waals surface area contributed by atoms with Gasteiger partial charge in [-0.3, -0.25) is 4.68 Å². The van der Waals surface area contributed by atoms with Crippen LogP contribution in [0.3, 0.4) is 0 Å². The zero-order chi connectivity index (χ0) is 9.84. The topological polar surface area (TPSA) is 29.9 Å². The van der Waals surface area contributed by atoms with E-state index in [-0.39, 0.29) is 0 Å². The molecule has 0 aliphatic carbocycles. The van der Waals surface area contributed by atoms with Gasteiger partial charge in [-0.25, -0.2) is 0 Å². The quantitative estimate of drug-likeness (QED) is 0.804. The van der Waals surface area contributed by atoms with Crippen LogP contribution in [0.25, 0.3) is 0 Å². The van der Waals surface area contributed by atoms with Crippen LogP contribution in [0.4, 0.5) is 0 Å². The van der Waals surface area contributed by atoms with Crippen LogP contribution < -0.4 is 5.32 Å². The Kier molecular flexibility index (Phi) is 3.75. The minimum absolute atomic E-state index is 0.570. The minimum atomic E-state index is 0.570. The lowest BCUT2D eigenvalue weighted by atomic mass is 10.2. The van der Waals surface area contributed by atoms with Crippen LogP contribution >= 0.6 is 11.6 Å². The molecule has 0 fully saturated rings. The standard InChI is InChI=1S/C9H16ClN3/c1-7(4-11-3)5-13-6-9(10)8(2)12-13/h6-7,11H,4-5H2,1-3H3. The molecule has 1 unspecified atom stereocenters. The van der Waals surface area contributed by atoms with E-state index < -0.39 is 0 Å². The monoisotopic (exact) mass is 201 g/mol. The number of aromatic nitrogens is 2. The van der Waals surface area contributed by atoms with E-state index in [1.54, 1.807) is 0 Å². The van der Waals surface area contributed by atoms with Gasteiger partial charge in [0.2, 0.25) is 0 Å². The van der Waals surface area contributed by atoms with Crippen molar-refractivity contribution >= 4 is 11.6 Å². The van der Waals surface area contributed by atoms with Gasteiger partial charge in [-0.2, -0.15) is 5.10 Å². The van der Waals surface area contributed by atoms with Gasteiger partial charge in [0.05, 0.1) is 10.7 Å². The van der Waals surface area contributed by atoms with Gasteiger partial charge in [0.1, 0.15) is 0 Å². The second-order valence-electron chi connectivity index (χ2n) is 3.45. The van der Waals surface area contributed by atoms with Crippen LogP contribution in [-0.2, 0) is 6.54 Å². The van der Waals surface area contributed by atoms with Crippen molar-refractivity contribution in [2.75, 3.05) is 13.6 Å². The number of nitrogens with zero attached hydrogens (tertiary/aromatic N) is 2. The molecule has 1 aromatic heterocycles. The highest BCUT2D eigenvalue weighted by molar-refractivity contribution is 6.31. The van der Waals surface area contributed by atoms with Crippen LogP contribution in [0.5, 0.6) is 0 Å². The maximum atomic E-state index is 5.89. The van der Waals surface area contributed by atoms with Gasteiger partial charge in [-0.05, 0) is 26.4 Å². The molecule has 1 heterocycles. The van der Waals surface area contributed by atoms with Crippen LogP contribution in [0, 0.1) is 12.8 Å². The fraction of sp³-hybridized carbons (Fsp3) is 0.667. The number of rotatable bonds is 4. The molecule has 0 radical (unpaired) electrons. The first-order valence-corrected chi connectivity index (χ1v) is 4.85. The van der Waals surface area contributed by atoms with Gasteiger partial charge >= 0.3 is 0 Å². The Morgan fingerprint density at radius 3 is 2.85 bits per heavy atom. The third-order valence-corrected chi connectivity index (χ3v) is 2.31. The van der Waals surface area contributed by atoms with Crippen molar-refractivity contribution in [1.29, 1.82) is 0 Å². The Balaban J connectivity index is 2.53. The minimum Gasteiger partial charge on any atom is -0.319 e. The van der Waals surface area contributed by atoms with Crippen molar-refractivity contribution in [3.63, 3.8) is 0 Å². The highest BCUT2D eigenvalue weighted by Crippen LogP contribution is 2.12. The largest absolute Gasteiger partial charge is 0.319 e. The number of nitrogens with one attached hydrogen (secondary N) is 1. The zero-order valence-corrected chi connectivity index (χ0v) is 9.10. The molecule has 0 aliphatic heterocycles. The molecule has 1 rings (SSSR count). The summed E-state index contributed by atoms with van der Waals surface area (Å²) in [5.74, 6) is 0.570. The first kappa shape index (κ1) is 10.5. The summed E-state index contributed by atoms with van der Waals surface area (Å²) in [6.07, 6.45) is 1.88. The summed E-state index contributed by atoms with van der Waals surface area (Å²) >= 11 is 5.89. The molecule has 3 nitrogen and oxygen atoms in total. The van der Waals surface area contributed by atoms with Gasteiger partial charge < -0.3 is 5.32 Å². The molecule has 0 saturated heterocycles. The summed E-state index contributed by atoms with van der Waals surface area (Å²) in [4.78, 5) is 0. The third kappa shape index (κ3) is 3.01. The molecule has 1 N–H and O–H groups in total. The molecule has 0 bridgehead atoms. The smallest absolute Gasteiger partial charge is 0.0814 e. The summed E-state index contributed by atoms with van der Waals surface area (Å²) in [6.45, 7) is 6.01. The van der Waals surface area contributed by atoms with Crippen molar-refractivity contribution in [2.24, 2.45) is 5.92 Å². The molecule has 0 spiro atoms. The van der Waals surface area contributed by atoms with E-state index in [1.807, 2.05) is 24.9 Å². The van der Waals surface area contributed by atoms with Crippen molar-refractivity contribution in [3.05, 3.63) is 16.9 Å². The van der Waals surface area contributed by atoms with Crippen LogP contribution in [0.15, 0.2) is 6.20 Å². The van der Waals surface area contributed by atoms with Gasteiger partial charge in [-0.1, -0.05) is 18.5 Å². The average molecular weight is 202 g/mol. The maximum absolute atomic E-state index is 5.89. The highest BCUT2D eigenvalue weighted by atomic mass is 35.5. The van der Waals surface area contributed by atoms with Gasteiger partial charge in [-0.15, -0.1) is 0 Å². The molecule has 74 valence electrons. The molecule has 0 amide bonds. The molecular weight excluding hydrogens is 186 g/mol. The van der Waals surface area contributed by atoms with E-state index in [0.29, 0.717) is 5.92 Å². The van der Waals surface area contributed by atoms with Crippen molar-refractivity contribution < 1.29 is 0 Å². The van der Waals surface area contributed by atoms with E-state index in [2.05, 4.69) is 17.3 Å². The second-order valence-corrected chi connectivity index (χ2v) is 3.85. The Hall–Kier alpha value is -0.540. The second kappa shape index (κ2) is 4.63. The van der Waals surface area contributed by atoms with Gasteiger partial charge in [0.15, 0.2) is 0 Å². The van der Waals surface area contributed by atoms with Crippen molar-refractivity contribution in [2.45, 2.75) is 20.4 Å². The fourth-order valence-corrected chi connectivity index (χ4v) is 1.47. The SMILES string of the molecule is CNCC(C)Cn1cc(Cl)c(C)n1. The van der Waals surface area contributed by atoms with E-state index >= 15 is 0 Å². The van der Waals surface area contributed by atoms with E-state index in [4.69, 9.17) is 11.6 Å². The molecule has 4 heteroatoms. The Bertz CT molecular complexity index is 250. The molecule has 1 atom stereocenters.